The molecule has 0 unspecified atom stereocenters. The summed E-state index contributed by atoms with van der Waals surface area (Å²) in [7, 11) is 1.39. The predicted molar refractivity (Wildman–Crippen MR) is 66.6 cm³/mol. The summed E-state index contributed by atoms with van der Waals surface area (Å²) in [6.07, 6.45) is 0. The number of nitrogens with one attached hydrogen (secondary N) is 1. The monoisotopic (exact) mass is 266 g/mol. The van der Waals surface area contributed by atoms with Crippen LogP contribution in [0.4, 0.5) is 11.5 Å². The summed E-state index contributed by atoms with van der Waals surface area (Å²) in [6, 6.07) is 1.89. The maximum absolute atomic E-state index is 11.1. The van der Waals surface area contributed by atoms with Crippen LogP contribution < -0.4 is 5.32 Å². The van der Waals surface area contributed by atoms with Gasteiger partial charge in [-0.05, 0) is 6.92 Å². The van der Waals surface area contributed by atoms with Gasteiger partial charge >= 0.3 is 0 Å². The van der Waals surface area contributed by atoms with Crippen molar-refractivity contribution >= 4 is 11.5 Å². The lowest BCUT2D eigenvalue weighted by Gasteiger charge is -2.12. The molecule has 0 saturated carbocycles. The molecule has 0 saturated heterocycles. The highest BCUT2D eigenvalue weighted by Gasteiger charge is 2.25. The van der Waals surface area contributed by atoms with Crippen molar-refractivity contribution < 1.29 is 14.8 Å². The van der Waals surface area contributed by atoms with Gasteiger partial charge in [0, 0.05) is 13.7 Å². The van der Waals surface area contributed by atoms with E-state index < -0.39 is 4.92 Å². The zero-order chi connectivity index (χ0) is 14.4. The van der Waals surface area contributed by atoms with Crippen molar-refractivity contribution in [1.29, 1.82) is 5.26 Å². The molecule has 102 valence electrons. The Morgan fingerprint density at radius 2 is 2.32 bits per heavy atom. The van der Waals surface area contributed by atoms with Gasteiger partial charge in [0.25, 0.3) is 5.69 Å². The minimum absolute atomic E-state index is 0.0592. The van der Waals surface area contributed by atoms with Crippen molar-refractivity contribution in [3.05, 3.63) is 26.9 Å². The summed E-state index contributed by atoms with van der Waals surface area (Å²) < 4.78 is 4.92. The average molecular weight is 266 g/mol. The molecule has 0 radical (unpaired) electrons. The topological polar surface area (TPSA) is 121 Å². The molecule has 0 bridgehead atoms. The molecule has 0 amide bonds. The number of aryl methyl sites for hydroxylation is 1. The minimum atomic E-state index is -0.576. The lowest BCUT2D eigenvalue weighted by molar-refractivity contribution is -0.386. The highest BCUT2D eigenvalue weighted by Crippen LogP contribution is 2.30. The number of anilines is 1. The second-order valence-corrected chi connectivity index (χ2v) is 3.70. The second-order valence-electron chi connectivity index (χ2n) is 3.70. The van der Waals surface area contributed by atoms with Crippen molar-refractivity contribution in [2.75, 3.05) is 25.6 Å². The normalized spacial score (nSPS) is 10.0. The fourth-order valence-electron chi connectivity index (χ4n) is 1.71. The van der Waals surface area contributed by atoms with Crippen LogP contribution in [0, 0.1) is 28.4 Å². The van der Waals surface area contributed by atoms with Gasteiger partial charge in [0.1, 0.15) is 23.1 Å². The number of aliphatic hydroxyl groups is 1. The molecule has 1 aromatic rings. The minimum Gasteiger partial charge on any atom is -0.395 e. The van der Waals surface area contributed by atoms with Crippen LogP contribution in [0.2, 0.25) is 0 Å². The number of nitriles is 1. The largest absolute Gasteiger partial charge is 0.395 e. The molecule has 0 aliphatic carbocycles. The van der Waals surface area contributed by atoms with Gasteiger partial charge in [0.2, 0.25) is 0 Å². The van der Waals surface area contributed by atoms with E-state index in [1.54, 1.807) is 0 Å². The molecule has 8 heteroatoms. The van der Waals surface area contributed by atoms with Crippen LogP contribution in [0.5, 0.6) is 0 Å². The van der Waals surface area contributed by atoms with Crippen LogP contribution in [-0.4, -0.2) is 35.3 Å². The van der Waals surface area contributed by atoms with E-state index in [9.17, 15) is 10.1 Å². The molecule has 1 aromatic heterocycles. The van der Waals surface area contributed by atoms with Crippen LogP contribution in [0.15, 0.2) is 0 Å². The van der Waals surface area contributed by atoms with E-state index in [0.717, 1.165) is 0 Å². The van der Waals surface area contributed by atoms with Crippen molar-refractivity contribution in [3.8, 4) is 6.07 Å². The number of methoxy groups -OCH3 is 1. The molecule has 0 atom stereocenters. The summed E-state index contributed by atoms with van der Waals surface area (Å²) in [5.74, 6) is 0.215. The standard InChI is InChI=1S/C11H14N4O4/c1-7-10(15(17)18)9(6-19-2)8(5-12)11(14-7)13-3-4-16/h16H,3-4,6H2,1-2H3,(H,13,14). The Hall–Kier alpha value is -2.24. The number of hydrogen-bond donors (Lipinski definition) is 2. The van der Waals surface area contributed by atoms with Crippen LogP contribution in [0.3, 0.4) is 0 Å². The van der Waals surface area contributed by atoms with Gasteiger partial charge in [0.05, 0.1) is 23.7 Å². The number of nitro groups is 1. The zero-order valence-electron chi connectivity index (χ0n) is 10.6. The molecule has 1 heterocycles. The smallest absolute Gasteiger partial charge is 0.297 e. The molecule has 2 N–H and O–H groups in total. The van der Waals surface area contributed by atoms with Gasteiger partial charge in [-0.3, -0.25) is 10.1 Å². The van der Waals surface area contributed by atoms with Crippen LogP contribution in [0.1, 0.15) is 16.8 Å². The van der Waals surface area contributed by atoms with Crippen LogP contribution in [-0.2, 0) is 11.3 Å². The van der Waals surface area contributed by atoms with Crippen molar-refractivity contribution in [1.82, 2.24) is 4.98 Å². The summed E-state index contributed by atoms with van der Waals surface area (Å²) in [4.78, 5) is 14.5. The average Bonchev–Trinajstić information content (AvgIpc) is 2.36. The highest BCUT2D eigenvalue weighted by molar-refractivity contribution is 5.64. The van der Waals surface area contributed by atoms with Crippen molar-refractivity contribution in [2.45, 2.75) is 13.5 Å². The quantitative estimate of drug-likeness (QED) is 0.574. The predicted octanol–water partition coefficient (Wildman–Crippen LogP) is 0.720. The number of hydrogen-bond acceptors (Lipinski definition) is 7. The number of ether oxygens (including phenoxy) is 1. The second kappa shape index (κ2) is 6.63. The molecule has 0 aliphatic rings. The maximum Gasteiger partial charge on any atom is 0.297 e. The first-order chi connectivity index (χ1) is 9.06. The fraction of sp³-hybridized carbons (Fsp3) is 0.455. The Morgan fingerprint density at radius 1 is 1.63 bits per heavy atom. The van der Waals surface area contributed by atoms with Crippen molar-refractivity contribution in [3.63, 3.8) is 0 Å². The SMILES string of the molecule is COCc1c(C#N)c(NCCO)nc(C)c1[N+](=O)[O-]. The maximum atomic E-state index is 11.1. The Labute approximate surface area is 109 Å². The van der Waals surface area contributed by atoms with E-state index in [1.807, 2.05) is 6.07 Å². The summed E-state index contributed by atoms with van der Waals surface area (Å²) in [6.45, 7) is 1.49. The summed E-state index contributed by atoms with van der Waals surface area (Å²) in [5.41, 5.74) is 0.222. The molecule has 1 rings (SSSR count). The van der Waals surface area contributed by atoms with Gasteiger partial charge in [0.15, 0.2) is 0 Å². The van der Waals surface area contributed by atoms with Gasteiger partial charge < -0.3 is 15.2 Å². The first-order valence-electron chi connectivity index (χ1n) is 5.48. The van der Waals surface area contributed by atoms with E-state index in [1.165, 1.54) is 14.0 Å². The Kier molecular flexibility index (Phi) is 5.17. The van der Waals surface area contributed by atoms with E-state index >= 15 is 0 Å². The third-order valence-corrected chi connectivity index (χ3v) is 2.43. The molecule has 8 nitrogen and oxygen atoms in total. The third kappa shape index (κ3) is 3.15. The lowest BCUT2D eigenvalue weighted by atomic mass is 10.1. The van der Waals surface area contributed by atoms with Gasteiger partial charge in [-0.2, -0.15) is 5.26 Å². The van der Waals surface area contributed by atoms with Crippen LogP contribution >= 0.6 is 0 Å². The lowest BCUT2D eigenvalue weighted by Crippen LogP contribution is -2.13. The summed E-state index contributed by atoms with van der Waals surface area (Å²) >= 11 is 0. The molecule has 19 heavy (non-hydrogen) atoms. The highest BCUT2D eigenvalue weighted by atomic mass is 16.6. The molecular weight excluding hydrogens is 252 g/mol. The van der Waals surface area contributed by atoms with Gasteiger partial charge in [-0.25, -0.2) is 4.98 Å². The van der Waals surface area contributed by atoms with Crippen LogP contribution in [0.25, 0.3) is 0 Å². The Bertz CT molecular complexity index is 524. The fourth-order valence-corrected chi connectivity index (χ4v) is 1.71. The number of aromatic nitrogens is 1. The number of rotatable bonds is 6. The first-order valence-corrected chi connectivity index (χ1v) is 5.48. The van der Waals surface area contributed by atoms with E-state index in [4.69, 9.17) is 15.1 Å². The molecule has 0 spiro atoms. The summed E-state index contributed by atoms with van der Waals surface area (Å²) in [5, 5.41) is 31.7. The third-order valence-electron chi connectivity index (χ3n) is 2.43. The number of aliphatic hydroxyl groups excluding tert-OH is 1. The van der Waals surface area contributed by atoms with E-state index in [2.05, 4.69) is 10.3 Å². The number of nitrogens with zero attached hydrogens (tertiary/aromatic N) is 3. The van der Waals surface area contributed by atoms with E-state index in [-0.39, 0.29) is 48.1 Å². The Morgan fingerprint density at radius 3 is 2.79 bits per heavy atom. The van der Waals surface area contributed by atoms with Gasteiger partial charge in [-0.15, -0.1) is 0 Å². The first kappa shape index (κ1) is 14.8. The van der Waals surface area contributed by atoms with Gasteiger partial charge in [-0.1, -0.05) is 0 Å². The zero-order valence-corrected chi connectivity index (χ0v) is 10.6. The molecule has 0 aromatic carbocycles. The number of pyridine rings is 1. The molecular formula is C11H14N4O4. The molecule has 0 fully saturated rings. The van der Waals surface area contributed by atoms with Crippen molar-refractivity contribution in [2.24, 2.45) is 0 Å². The van der Waals surface area contributed by atoms with E-state index in [0.29, 0.717) is 0 Å². The Balaban J connectivity index is 3.46. The molecule has 0 aliphatic heterocycles.